The summed E-state index contributed by atoms with van der Waals surface area (Å²) in [5, 5.41) is 7.83. The van der Waals surface area contributed by atoms with Crippen LogP contribution in [0.15, 0.2) is 30.5 Å². The van der Waals surface area contributed by atoms with Gasteiger partial charge in [-0.05, 0) is 24.1 Å². The van der Waals surface area contributed by atoms with E-state index in [1.54, 1.807) is 12.1 Å². The summed E-state index contributed by atoms with van der Waals surface area (Å²) in [6, 6.07) is 6.24. The van der Waals surface area contributed by atoms with Crippen molar-refractivity contribution in [3.8, 4) is 0 Å². The SMILES string of the molecule is CC1(C)[C@H](OC(=O)c2cn(Cc3cccc(F)c3)nn2)[C@@H]2CCO[C@@H]21. The number of aromatic nitrogens is 3. The van der Waals surface area contributed by atoms with E-state index in [1.165, 1.54) is 23.0 Å². The molecule has 1 aromatic carbocycles. The van der Waals surface area contributed by atoms with Gasteiger partial charge in [-0.15, -0.1) is 5.10 Å². The zero-order chi connectivity index (χ0) is 17.6. The largest absolute Gasteiger partial charge is 0.456 e. The van der Waals surface area contributed by atoms with E-state index in [-0.39, 0.29) is 35.1 Å². The number of carbonyl (C=O) groups is 1. The third kappa shape index (κ3) is 2.82. The van der Waals surface area contributed by atoms with Gasteiger partial charge in [0.25, 0.3) is 0 Å². The van der Waals surface area contributed by atoms with Gasteiger partial charge in [0.2, 0.25) is 0 Å². The smallest absolute Gasteiger partial charge is 0.360 e. The molecular weight excluding hydrogens is 325 g/mol. The lowest BCUT2D eigenvalue weighted by molar-refractivity contribution is -0.183. The summed E-state index contributed by atoms with van der Waals surface area (Å²) in [5.41, 5.74) is 0.722. The van der Waals surface area contributed by atoms with E-state index < -0.39 is 5.97 Å². The molecule has 2 fully saturated rings. The van der Waals surface area contributed by atoms with Gasteiger partial charge in [-0.1, -0.05) is 31.2 Å². The Morgan fingerprint density at radius 2 is 2.32 bits per heavy atom. The molecule has 132 valence electrons. The number of hydrogen-bond donors (Lipinski definition) is 0. The summed E-state index contributed by atoms with van der Waals surface area (Å²) in [4.78, 5) is 12.4. The highest BCUT2D eigenvalue weighted by Gasteiger charge is 2.61. The molecule has 1 saturated carbocycles. The van der Waals surface area contributed by atoms with Gasteiger partial charge in [-0.25, -0.2) is 13.9 Å². The summed E-state index contributed by atoms with van der Waals surface area (Å²) in [5.74, 6) is -0.520. The van der Waals surface area contributed by atoms with Crippen molar-refractivity contribution in [1.82, 2.24) is 15.0 Å². The number of ether oxygens (including phenoxy) is 2. The first-order valence-electron chi connectivity index (χ1n) is 8.42. The van der Waals surface area contributed by atoms with Gasteiger partial charge in [-0.2, -0.15) is 0 Å². The first-order chi connectivity index (χ1) is 11.9. The molecule has 0 radical (unpaired) electrons. The molecule has 1 aromatic heterocycles. The molecule has 0 unspecified atom stereocenters. The Hall–Kier alpha value is -2.28. The van der Waals surface area contributed by atoms with E-state index in [2.05, 4.69) is 24.2 Å². The van der Waals surface area contributed by atoms with Crippen molar-refractivity contribution in [1.29, 1.82) is 0 Å². The van der Waals surface area contributed by atoms with Crippen LogP contribution in [0.2, 0.25) is 0 Å². The lowest BCUT2D eigenvalue weighted by Crippen LogP contribution is -2.61. The molecule has 0 amide bonds. The highest BCUT2D eigenvalue weighted by Crippen LogP contribution is 2.53. The van der Waals surface area contributed by atoms with Crippen LogP contribution in [0.5, 0.6) is 0 Å². The Labute approximate surface area is 144 Å². The van der Waals surface area contributed by atoms with Gasteiger partial charge in [0, 0.05) is 17.9 Å². The first kappa shape index (κ1) is 16.2. The van der Waals surface area contributed by atoms with Crippen molar-refractivity contribution in [2.75, 3.05) is 6.61 Å². The van der Waals surface area contributed by atoms with Crippen LogP contribution in [0.4, 0.5) is 4.39 Å². The number of rotatable bonds is 4. The van der Waals surface area contributed by atoms with Gasteiger partial charge in [0.15, 0.2) is 5.69 Å². The summed E-state index contributed by atoms with van der Waals surface area (Å²) >= 11 is 0. The van der Waals surface area contributed by atoms with Gasteiger partial charge in [-0.3, -0.25) is 0 Å². The van der Waals surface area contributed by atoms with Gasteiger partial charge >= 0.3 is 5.97 Å². The Morgan fingerprint density at radius 1 is 1.48 bits per heavy atom. The fourth-order valence-electron chi connectivity index (χ4n) is 3.98. The Balaban J connectivity index is 1.42. The van der Waals surface area contributed by atoms with Gasteiger partial charge in [0.05, 0.1) is 18.8 Å². The quantitative estimate of drug-likeness (QED) is 0.796. The zero-order valence-corrected chi connectivity index (χ0v) is 14.2. The van der Waals surface area contributed by atoms with E-state index in [0.717, 1.165) is 18.6 Å². The molecule has 2 aliphatic rings. The van der Waals surface area contributed by atoms with Crippen molar-refractivity contribution in [3.63, 3.8) is 0 Å². The van der Waals surface area contributed by atoms with Crippen LogP contribution < -0.4 is 0 Å². The Kier molecular flexibility index (Phi) is 3.83. The van der Waals surface area contributed by atoms with Crippen molar-refractivity contribution in [2.24, 2.45) is 11.3 Å². The zero-order valence-electron chi connectivity index (χ0n) is 14.2. The van der Waals surface area contributed by atoms with E-state index in [4.69, 9.17) is 9.47 Å². The number of carbonyl (C=O) groups excluding carboxylic acids is 1. The summed E-state index contributed by atoms with van der Waals surface area (Å²) < 4.78 is 26.1. The molecule has 2 aromatic rings. The highest BCUT2D eigenvalue weighted by atomic mass is 19.1. The average Bonchev–Trinajstić information content (AvgIpc) is 3.20. The predicted octanol–water partition coefficient (Wildman–Crippen LogP) is 2.44. The van der Waals surface area contributed by atoms with E-state index in [9.17, 15) is 9.18 Å². The minimum Gasteiger partial charge on any atom is -0.456 e. The number of nitrogens with zero attached hydrogens (tertiary/aromatic N) is 3. The summed E-state index contributed by atoms with van der Waals surface area (Å²) in [7, 11) is 0. The number of fused-ring (bicyclic) bond motifs is 1. The molecule has 6 nitrogen and oxygen atoms in total. The average molecular weight is 345 g/mol. The maximum Gasteiger partial charge on any atom is 0.360 e. The molecule has 7 heteroatoms. The fourth-order valence-corrected chi connectivity index (χ4v) is 3.98. The summed E-state index contributed by atoms with van der Waals surface area (Å²) in [6.45, 7) is 5.17. The van der Waals surface area contributed by atoms with Crippen molar-refractivity contribution in [2.45, 2.75) is 39.0 Å². The normalized spacial score (nSPS) is 26.8. The number of esters is 1. The number of hydrogen-bond acceptors (Lipinski definition) is 5. The molecule has 25 heavy (non-hydrogen) atoms. The molecule has 1 saturated heterocycles. The topological polar surface area (TPSA) is 66.2 Å². The molecular formula is C18H20FN3O3. The van der Waals surface area contributed by atoms with Crippen LogP contribution in [0.3, 0.4) is 0 Å². The van der Waals surface area contributed by atoms with Crippen LogP contribution >= 0.6 is 0 Å². The maximum absolute atomic E-state index is 13.2. The lowest BCUT2D eigenvalue weighted by Gasteiger charge is -2.52. The van der Waals surface area contributed by atoms with Crippen molar-refractivity contribution >= 4 is 5.97 Å². The molecule has 0 bridgehead atoms. The van der Waals surface area contributed by atoms with E-state index in [0.29, 0.717) is 6.54 Å². The Bertz CT molecular complexity index is 804. The molecule has 3 atom stereocenters. The van der Waals surface area contributed by atoms with Crippen LogP contribution in [-0.2, 0) is 16.0 Å². The van der Waals surface area contributed by atoms with Crippen LogP contribution in [0.25, 0.3) is 0 Å². The van der Waals surface area contributed by atoms with Crippen LogP contribution in [0, 0.1) is 17.2 Å². The standard InChI is InChI=1S/C18H20FN3O3/c1-18(2)15-13(6-7-24-15)16(18)25-17(23)14-10-22(21-20-14)9-11-4-3-5-12(19)8-11/h3-5,8,10,13,15-16H,6-7,9H2,1-2H3/t13-,15+,16-/m1/s1. The monoisotopic (exact) mass is 345 g/mol. The number of benzene rings is 1. The second-order valence-electron chi connectivity index (χ2n) is 7.32. The molecule has 2 heterocycles. The van der Waals surface area contributed by atoms with Crippen LogP contribution in [-0.4, -0.2) is 39.8 Å². The summed E-state index contributed by atoms with van der Waals surface area (Å²) in [6.07, 6.45) is 2.44. The third-order valence-corrected chi connectivity index (χ3v) is 5.21. The molecule has 0 spiro atoms. The first-order valence-corrected chi connectivity index (χ1v) is 8.42. The highest BCUT2D eigenvalue weighted by molar-refractivity contribution is 5.87. The maximum atomic E-state index is 13.2. The second kappa shape index (κ2) is 5.91. The predicted molar refractivity (Wildman–Crippen MR) is 86.4 cm³/mol. The van der Waals surface area contributed by atoms with E-state index >= 15 is 0 Å². The van der Waals surface area contributed by atoms with Crippen LogP contribution in [0.1, 0.15) is 36.3 Å². The van der Waals surface area contributed by atoms with Gasteiger partial charge < -0.3 is 9.47 Å². The molecule has 0 N–H and O–H groups in total. The van der Waals surface area contributed by atoms with Gasteiger partial charge in [0.1, 0.15) is 11.9 Å². The minimum absolute atomic E-state index is 0.161. The van der Waals surface area contributed by atoms with Crippen molar-refractivity contribution < 1.29 is 18.7 Å². The molecule has 1 aliphatic carbocycles. The lowest BCUT2D eigenvalue weighted by atomic mass is 9.59. The van der Waals surface area contributed by atoms with Crippen molar-refractivity contribution in [3.05, 3.63) is 47.5 Å². The molecule has 4 rings (SSSR count). The minimum atomic E-state index is -0.478. The third-order valence-electron chi connectivity index (χ3n) is 5.21. The molecule has 1 aliphatic heterocycles. The van der Waals surface area contributed by atoms with E-state index in [1.807, 2.05) is 0 Å². The fraction of sp³-hybridized carbons (Fsp3) is 0.500. The Morgan fingerprint density at radius 3 is 3.12 bits per heavy atom. The second-order valence-corrected chi connectivity index (χ2v) is 7.32. The number of halogens is 1.